The molecule has 1 rings (SSSR count). The molecule has 0 saturated carbocycles. The second kappa shape index (κ2) is 7.67. The number of halogens is 3. The molecule has 0 spiro atoms. The third-order valence-corrected chi connectivity index (χ3v) is 2.32. The molecule has 0 fully saturated rings. The molecule has 4 nitrogen and oxygen atoms in total. The molecule has 0 aromatic heterocycles. The maximum absolute atomic E-state index is 13.6. The summed E-state index contributed by atoms with van der Waals surface area (Å²) in [4.78, 5) is 11.2. The number of carbonyl (C=O) groups excluding carboxylic acids is 1. The van der Waals surface area contributed by atoms with E-state index in [0.717, 1.165) is 12.1 Å². The lowest BCUT2D eigenvalue weighted by Gasteiger charge is -2.16. The number of hydrogen-bond donors (Lipinski definition) is 1. The molecule has 0 aliphatic carbocycles. The van der Waals surface area contributed by atoms with Crippen molar-refractivity contribution in [2.24, 2.45) is 5.73 Å². The predicted molar refractivity (Wildman–Crippen MR) is 66.8 cm³/mol. The summed E-state index contributed by atoms with van der Waals surface area (Å²) in [6, 6.07) is 3.67. The summed E-state index contributed by atoms with van der Waals surface area (Å²) in [5, 5.41) is 8.64. The van der Waals surface area contributed by atoms with Crippen molar-refractivity contribution >= 4 is 18.4 Å². The Morgan fingerprint density at radius 3 is 2.74 bits per heavy atom. The van der Waals surface area contributed by atoms with Crippen molar-refractivity contribution in [2.75, 3.05) is 6.61 Å². The van der Waals surface area contributed by atoms with Gasteiger partial charge in [0.25, 0.3) is 0 Å². The standard InChI is InChI=1S/C12H12F2N2O2.ClH/c1-2-18-12(17)10(14)11(16)7-3-4-9(13)8(5-7)6-15;/h3-5,10-11H,2,16H2,1H3;1H/t10?,11-;/m1./s1. The summed E-state index contributed by atoms with van der Waals surface area (Å²) < 4.78 is 31.2. The predicted octanol–water partition coefficient (Wildman–Crippen LogP) is 2.02. The second-order valence-corrected chi connectivity index (χ2v) is 3.53. The molecule has 2 atom stereocenters. The Morgan fingerprint density at radius 1 is 1.58 bits per heavy atom. The topological polar surface area (TPSA) is 76.1 Å². The fourth-order valence-electron chi connectivity index (χ4n) is 1.37. The van der Waals surface area contributed by atoms with Crippen molar-refractivity contribution in [1.29, 1.82) is 5.26 Å². The number of benzene rings is 1. The van der Waals surface area contributed by atoms with Gasteiger partial charge in [-0.25, -0.2) is 13.6 Å². The van der Waals surface area contributed by atoms with E-state index in [1.807, 2.05) is 0 Å². The number of rotatable bonds is 4. The number of ether oxygens (including phenoxy) is 1. The molecular weight excluding hydrogens is 278 g/mol. The van der Waals surface area contributed by atoms with E-state index < -0.39 is 24.0 Å². The van der Waals surface area contributed by atoms with E-state index >= 15 is 0 Å². The van der Waals surface area contributed by atoms with Crippen LogP contribution in [0.5, 0.6) is 0 Å². The van der Waals surface area contributed by atoms with Crippen molar-refractivity contribution in [1.82, 2.24) is 0 Å². The summed E-state index contributed by atoms with van der Waals surface area (Å²) >= 11 is 0. The Balaban J connectivity index is 0.00000324. The molecule has 19 heavy (non-hydrogen) atoms. The Morgan fingerprint density at radius 2 is 2.21 bits per heavy atom. The van der Waals surface area contributed by atoms with Gasteiger partial charge in [-0.05, 0) is 24.6 Å². The lowest BCUT2D eigenvalue weighted by atomic mass is 10.0. The average molecular weight is 291 g/mol. The highest BCUT2D eigenvalue weighted by atomic mass is 35.5. The maximum Gasteiger partial charge on any atom is 0.342 e. The molecule has 0 bridgehead atoms. The van der Waals surface area contributed by atoms with E-state index in [1.54, 1.807) is 13.0 Å². The van der Waals surface area contributed by atoms with Gasteiger partial charge in [-0.3, -0.25) is 0 Å². The van der Waals surface area contributed by atoms with Crippen molar-refractivity contribution < 1.29 is 18.3 Å². The van der Waals surface area contributed by atoms with E-state index in [1.165, 1.54) is 6.07 Å². The van der Waals surface area contributed by atoms with Crippen LogP contribution >= 0.6 is 12.4 Å². The summed E-state index contributed by atoms with van der Waals surface area (Å²) in [5.41, 5.74) is 5.45. The summed E-state index contributed by atoms with van der Waals surface area (Å²) in [7, 11) is 0. The van der Waals surface area contributed by atoms with Gasteiger partial charge < -0.3 is 10.5 Å². The Bertz CT molecular complexity index is 491. The largest absolute Gasteiger partial charge is 0.464 e. The van der Waals surface area contributed by atoms with Crippen LogP contribution in [0.25, 0.3) is 0 Å². The third-order valence-electron chi connectivity index (χ3n) is 2.32. The molecule has 0 aliphatic rings. The highest BCUT2D eigenvalue weighted by Crippen LogP contribution is 2.20. The number of carbonyl (C=O) groups is 1. The van der Waals surface area contributed by atoms with E-state index in [4.69, 9.17) is 11.0 Å². The number of alkyl halides is 1. The SMILES string of the molecule is CCOC(=O)C(F)[C@H](N)c1ccc(F)c(C#N)c1.Cl. The highest BCUT2D eigenvalue weighted by Gasteiger charge is 2.28. The zero-order chi connectivity index (χ0) is 13.7. The van der Waals surface area contributed by atoms with Crippen molar-refractivity contribution in [3.05, 3.63) is 35.1 Å². The number of esters is 1. The monoisotopic (exact) mass is 290 g/mol. The molecule has 0 radical (unpaired) electrons. The fraction of sp³-hybridized carbons (Fsp3) is 0.333. The minimum Gasteiger partial charge on any atom is -0.464 e. The van der Waals surface area contributed by atoms with E-state index in [2.05, 4.69) is 4.74 Å². The molecule has 7 heteroatoms. The van der Waals surface area contributed by atoms with Gasteiger partial charge in [-0.1, -0.05) is 6.07 Å². The molecule has 0 amide bonds. The molecular formula is C12H13ClF2N2O2. The fourth-order valence-corrected chi connectivity index (χ4v) is 1.37. The van der Waals surface area contributed by atoms with Crippen LogP contribution in [0.1, 0.15) is 24.1 Å². The normalized spacial score (nSPS) is 12.8. The van der Waals surface area contributed by atoms with Crippen molar-refractivity contribution in [3.63, 3.8) is 0 Å². The van der Waals surface area contributed by atoms with Gasteiger partial charge >= 0.3 is 5.97 Å². The van der Waals surface area contributed by atoms with Gasteiger partial charge in [0.15, 0.2) is 0 Å². The van der Waals surface area contributed by atoms with Gasteiger partial charge in [-0.2, -0.15) is 5.26 Å². The van der Waals surface area contributed by atoms with Gasteiger partial charge in [0.1, 0.15) is 11.9 Å². The number of hydrogen-bond acceptors (Lipinski definition) is 4. The third kappa shape index (κ3) is 4.16. The first-order chi connectivity index (χ1) is 8.51. The van der Waals surface area contributed by atoms with Gasteiger partial charge in [-0.15, -0.1) is 12.4 Å². The number of nitrogens with two attached hydrogens (primary N) is 1. The van der Waals surface area contributed by atoms with Gasteiger partial charge in [0, 0.05) is 0 Å². The van der Waals surface area contributed by atoms with Crippen LogP contribution in [-0.2, 0) is 9.53 Å². The van der Waals surface area contributed by atoms with Crippen LogP contribution in [0.15, 0.2) is 18.2 Å². The zero-order valence-electron chi connectivity index (χ0n) is 10.1. The Kier molecular flexibility index (Phi) is 6.98. The van der Waals surface area contributed by atoms with Crippen LogP contribution in [0.4, 0.5) is 8.78 Å². The second-order valence-electron chi connectivity index (χ2n) is 3.53. The Labute approximate surface area is 115 Å². The molecule has 0 aliphatic heterocycles. The quantitative estimate of drug-likeness (QED) is 0.861. The molecule has 1 aromatic rings. The van der Waals surface area contributed by atoms with E-state index in [0.29, 0.717) is 0 Å². The van der Waals surface area contributed by atoms with Gasteiger partial charge in [0.2, 0.25) is 6.17 Å². The molecule has 1 aromatic carbocycles. The van der Waals surface area contributed by atoms with Gasteiger partial charge in [0.05, 0.1) is 18.2 Å². The van der Waals surface area contributed by atoms with Crippen molar-refractivity contribution in [3.8, 4) is 6.07 Å². The summed E-state index contributed by atoms with van der Waals surface area (Å²) in [5.74, 6) is -1.80. The van der Waals surface area contributed by atoms with E-state index in [9.17, 15) is 13.6 Å². The molecule has 0 heterocycles. The van der Waals surface area contributed by atoms with Crippen LogP contribution in [0.3, 0.4) is 0 Å². The molecule has 1 unspecified atom stereocenters. The van der Waals surface area contributed by atoms with E-state index in [-0.39, 0.29) is 30.1 Å². The number of nitriles is 1. The lowest BCUT2D eigenvalue weighted by Crippen LogP contribution is -2.31. The first-order valence-electron chi connectivity index (χ1n) is 5.27. The minimum absolute atomic E-state index is 0. The first-order valence-corrected chi connectivity index (χ1v) is 5.27. The summed E-state index contributed by atoms with van der Waals surface area (Å²) in [6.07, 6.45) is -2.05. The highest BCUT2D eigenvalue weighted by molar-refractivity contribution is 5.85. The van der Waals surface area contributed by atoms with Crippen LogP contribution in [-0.4, -0.2) is 18.7 Å². The Hall–Kier alpha value is -1.71. The van der Waals surface area contributed by atoms with Crippen LogP contribution in [0.2, 0.25) is 0 Å². The molecule has 2 N–H and O–H groups in total. The summed E-state index contributed by atoms with van der Waals surface area (Å²) in [6.45, 7) is 1.58. The lowest BCUT2D eigenvalue weighted by molar-refractivity contribution is -0.149. The van der Waals surface area contributed by atoms with Crippen LogP contribution < -0.4 is 5.73 Å². The van der Waals surface area contributed by atoms with Crippen molar-refractivity contribution in [2.45, 2.75) is 19.1 Å². The maximum atomic E-state index is 13.6. The molecule has 104 valence electrons. The van der Waals surface area contributed by atoms with Crippen LogP contribution in [0, 0.1) is 17.1 Å². The smallest absolute Gasteiger partial charge is 0.342 e. The first kappa shape index (κ1) is 17.3. The molecule has 0 saturated heterocycles. The minimum atomic E-state index is -2.05. The average Bonchev–Trinajstić information content (AvgIpc) is 2.38. The number of nitrogens with zero attached hydrogens (tertiary/aromatic N) is 1. The zero-order valence-corrected chi connectivity index (χ0v) is 10.9.